The number of nitrogens with one attached hydrogen (secondary N) is 1. The van der Waals surface area contributed by atoms with Gasteiger partial charge in [0.25, 0.3) is 10.0 Å². The number of aliphatic hydroxyl groups is 1. The van der Waals surface area contributed by atoms with Crippen LogP contribution in [0.2, 0.25) is 0 Å². The quantitative estimate of drug-likeness (QED) is 0.775. The molecule has 0 bridgehead atoms. The van der Waals surface area contributed by atoms with Gasteiger partial charge in [-0.3, -0.25) is 0 Å². The van der Waals surface area contributed by atoms with Gasteiger partial charge in [-0.05, 0) is 25.5 Å². The highest BCUT2D eigenvalue weighted by molar-refractivity contribution is 7.88. The van der Waals surface area contributed by atoms with Gasteiger partial charge in [0, 0.05) is 19.6 Å². The minimum absolute atomic E-state index is 0.00701. The van der Waals surface area contributed by atoms with Crippen molar-refractivity contribution in [3.63, 3.8) is 0 Å². The van der Waals surface area contributed by atoms with E-state index in [4.69, 9.17) is 4.42 Å². The molecule has 1 rings (SSSR count). The summed E-state index contributed by atoms with van der Waals surface area (Å²) in [6, 6.07) is 3.06. The van der Waals surface area contributed by atoms with E-state index in [1.54, 1.807) is 6.07 Å². The van der Waals surface area contributed by atoms with E-state index in [0.29, 0.717) is 12.3 Å². The van der Waals surface area contributed by atoms with E-state index in [-0.39, 0.29) is 11.7 Å². The topological polar surface area (TPSA) is 82.8 Å². The third-order valence-corrected chi connectivity index (χ3v) is 4.88. The molecule has 0 spiro atoms. The summed E-state index contributed by atoms with van der Waals surface area (Å²) in [5.74, 6) is 0.522. The molecule has 1 aromatic rings. The van der Waals surface area contributed by atoms with Crippen molar-refractivity contribution in [1.82, 2.24) is 9.62 Å². The van der Waals surface area contributed by atoms with Gasteiger partial charge in [-0.2, -0.15) is 0 Å². The van der Waals surface area contributed by atoms with Crippen LogP contribution in [-0.2, 0) is 16.6 Å². The largest absolute Gasteiger partial charge is 0.447 e. The molecule has 0 saturated heterocycles. The first kappa shape index (κ1) is 16.2. The molecule has 2 N–H and O–H groups in total. The molecule has 1 aromatic heterocycles. The van der Waals surface area contributed by atoms with Crippen LogP contribution in [0.3, 0.4) is 0 Å². The van der Waals surface area contributed by atoms with Gasteiger partial charge in [0.05, 0.1) is 13.2 Å². The molecule has 7 heteroatoms. The van der Waals surface area contributed by atoms with Crippen molar-refractivity contribution in [3.05, 3.63) is 17.9 Å². The maximum Gasteiger partial charge on any atom is 0.275 e. The van der Waals surface area contributed by atoms with E-state index >= 15 is 0 Å². The van der Waals surface area contributed by atoms with Crippen LogP contribution >= 0.6 is 0 Å². The molecule has 0 saturated carbocycles. The number of aliphatic hydroxyl groups excluding tert-OH is 1. The molecule has 1 atom stereocenters. The van der Waals surface area contributed by atoms with Crippen LogP contribution in [0.5, 0.6) is 0 Å². The Hall–Kier alpha value is -0.890. The Morgan fingerprint density at radius 2 is 2.05 bits per heavy atom. The summed E-state index contributed by atoms with van der Waals surface area (Å²) >= 11 is 0. The number of rotatable bonds is 7. The summed E-state index contributed by atoms with van der Waals surface area (Å²) < 4.78 is 30.1. The first-order chi connectivity index (χ1) is 8.75. The van der Waals surface area contributed by atoms with Crippen molar-refractivity contribution in [2.75, 3.05) is 20.7 Å². The summed E-state index contributed by atoms with van der Waals surface area (Å²) in [6.45, 7) is 4.24. The lowest BCUT2D eigenvalue weighted by molar-refractivity contribution is 0.165. The van der Waals surface area contributed by atoms with Crippen LogP contribution in [0.4, 0.5) is 0 Å². The van der Waals surface area contributed by atoms with Gasteiger partial charge < -0.3 is 14.8 Å². The molecular weight excluding hydrogens is 268 g/mol. The monoisotopic (exact) mass is 290 g/mol. The molecule has 6 nitrogen and oxygen atoms in total. The van der Waals surface area contributed by atoms with Crippen LogP contribution in [0.25, 0.3) is 0 Å². The number of nitrogens with zero attached hydrogens (tertiary/aromatic N) is 1. The van der Waals surface area contributed by atoms with Crippen LogP contribution < -0.4 is 5.32 Å². The van der Waals surface area contributed by atoms with Gasteiger partial charge >= 0.3 is 0 Å². The average molecular weight is 290 g/mol. The fraction of sp³-hybridized carbons (Fsp3) is 0.667. The van der Waals surface area contributed by atoms with Crippen LogP contribution in [0, 0.1) is 0 Å². The maximum atomic E-state index is 11.8. The van der Waals surface area contributed by atoms with E-state index in [0.717, 1.165) is 10.7 Å². The van der Waals surface area contributed by atoms with Gasteiger partial charge in [0.2, 0.25) is 5.09 Å². The average Bonchev–Trinajstić information content (AvgIpc) is 2.85. The zero-order valence-corrected chi connectivity index (χ0v) is 12.6. The molecule has 1 unspecified atom stereocenters. The summed E-state index contributed by atoms with van der Waals surface area (Å²) in [5.41, 5.74) is -0.395. The Labute approximate surface area is 114 Å². The molecule has 1 heterocycles. The number of furan rings is 1. The van der Waals surface area contributed by atoms with Gasteiger partial charge in [0.1, 0.15) is 5.76 Å². The summed E-state index contributed by atoms with van der Waals surface area (Å²) in [7, 11) is -0.623. The second-order valence-corrected chi connectivity index (χ2v) is 7.02. The third-order valence-electron chi connectivity index (χ3n) is 3.19. The first-order valence-corrected chi connectivity index (χ1v) is 7.56. The first-order valence-electron chi connectivity index (χ1n) is 6.12. The molecule has 0 amide bonds. The summed E-state index contributed by atoms with van der Waals surface area (Å²) in [6.07, 6.45) is 0.757. The smallest absolute Gasteiger partial charge is 0.275 e. The molecule has 0 aliphatic rings. The predicted octanol–water partition coefficient (Wildman–Crippen LogP) is 0.780. The predicted molar refractivity (Wildman–Crippen MR) is 72.2 cm³/mol. The SMILES string of the molecule is CCC(C)(CO)NCc1ccc(S(=O)(=O)N(C)C)o1. The zero-order valence-electron chi connectivity index (χ0n) is 11.8. The zero-order chi connectivity index (χ0) is 14.7. The van der Waals surface area contributed by atoms with Crippen molar-refractivity contribution in [1.29, 1.82) is 0 Å². The minimum Gasteiger partial charge on any atom is -0.447 e. The van der Waals surface area contributed by atoms with Gasteiger partial charge in [-0.25, -0.2) is 12.7 Å². The summed E-state index contributed by atoms with van der Waals surface area (Å²) in [4.78, 5) is 0. The Balaban J connectivity index is 2.77. The van der Waals surface area contributed by atoms with Gasteiger partial charge in [0.15, 0.2) is 0 Å². The van der Waals surface area contributed by atoms with Crippen LogP contribution in [0.1, 0.15) is 26.0 Å². The van der Waals surface area contributed by atoms with Crippen molar-refractivity contribution in [2.45, 2.75) is 37.4 Å². The second kappa shape index (κ2) is 6.04. The molecule has 0 aromatic carbocycles. The number of sulfonamides is 1. The summed E-state index contributed by atoms with van der Waals surface area (Å²) in [5, 5.41) is 12.4. The van der Waals surface area contributed by atoms with Crippen LogP contribution in [-0.4, -0.2) is 44.1 Å². The highest BCUT2D eigenvalue weighted by Crippen LogP contribution is 2.18. The lowest BCUT2D eigenvalue weighted by atomic mass is 10.0. The minimum atomic E-state index is -3.53. The van der Waals surface area contributed by atoms with E-state index < -0.39 is 15.6 Å². The molecule has 0 aliphatic carbocycles. The third kappa shape index (κ3) is 3.79. The fourth-order valence-electron chi connectivity index (χ4n) is 1.37. The maximum absolute atomic E-state index is 11.8. The van der Waals surface area contributed by atoms with Crippen molar-refractivity contribution < 1.29 is 17.9 Å². The molecule has 0 radical (unpaired) electrons. The van der Waals surface area contributed by atoms with Crippen LogP contribution in [0.15, 0.2) is 21.6 Å². The van der Waals surface area contributed by atoms with Crippen molar-refractivity contribution >= 4 is 10.0 Å². The second-order valence-electron chi connectivity index (χ2n) is 4.93. The van der Waals surface area contributed by atoms with E-state index in [9.17, 15) is 13.5 Å². The Morgan fingerprint density at radius 3 is 2.53 bits per heavy atom. The lowest BCUT2D eigenvalue weighted by Gasteiger charge is -2.26. The lowest BCUT2D eigenvalue weighted by Crippen LogP contribution is -2.44. The van der Waals surface area contributed by atoms with E-state index in [1.807, 2.05) is 13.8 Å². The standard InChI is InChI=1S/C12H22N2O4S/c1-5-12(2,9-15)13-8-10-6-7-11(18-10)19(16,17)14(3)4/h6-7,13,15H,5,8-9H2,1-4H3. The van der Waals surface area contributed by atoms with Crippen molar-refractivity contribution in [2.24, 2.45) is 0 Å². The van der Waals surface area contributed by atoms with Crippen molar-refractivity contribution in [3.8, 4) is 0 Å². The highest BCUT2D eigenvalue weighted by Gasteiger charge is 2.23. The van der Waals surface area contributed by atoms with Gasteiger partial charge in [-0.1, -0.05) is 6.92 Å². The Morgan fingerprint density at radius 1 is 1.42 bits per heavy atom. The molecule has 0 aliphatic heterocycles. The molecular formula is C12H22N2O4S. The van der Waals surface area contributed by atoms with E-state index in [2.05, 4.69) is 5.32 Å². The number of hydrogen-bond donors (Lipinski definition) is 2. The Kier molecular flexibility index (Phi) is 5.14. The molecule has 0 fully saturated rings. The van der Waals surface area contributed by atoms with E-state index in [1.165, 1.54) is 20.2 Å². The molecule has 110 valence electrons. The van der Waals surface area contributed by atoms with Gasteiger partial charge in [-0.15, -0.1) is 0 Å². The molecule has 19 heavy (non-hydrogen) atoms. The number of hydrogen-bond acceptors (Lipinski definition) is 5. The fourth-order valence-corrected chi connectivity index (χ4v) is 2.18. The Bertz CT molecular complexity index is 504. The normalized spacial score (nSPS) is 15.7. The highest BCUT2D eigenvalue weighted by atomic mass is 32.2.